The summed E-state index contributed by atoms with van der Waals surface area (Å²) in [5, 5.41) is 5.04. The SMILES string of the molecule is CN(Cc1cscn1)c1nc(Br)cs1. The molecule has 6 heteroatoms. The highest BCUT2D eigenvalue weighted by Gasteiger charge is 2.07. The summed E-state index contributed by atoms with van der Waals surface area (Å²) >= 11 is 6.58. The molecule has 0 radical (unpaired) electrons. The molecule has 2 aromatic heterocycles. The van der Waals surface area contributed by atoms with Gasteiger partial charge in [-0.1, -0.05) is 0 Å². The molecule has 2 aromatic rings. The van der Waals surface area contributed by atoms with E-state index < -0.39 is 0 Å². The van der Waals surface area contributed by atoms with E-state index in [1.165, 1.54) is 0 Å². The lowest BCUT2D eigenvalue weighted by Crippen LogP contribution is -2.16. The molecular weight excluding hydrogens is 282 g/mol. The lowest BCUT2D eigenvalue weighted by Gasteiger charge is -2.13. The summed E-state index contributed by atoms with van der Waals surface area (Å²) in [7, 11) is 2.02. The van der Waals surface area contributed by atoms with E-state index in [1.54, 1.807) is 22.7 Å². The molecule has 0 spiro atoms. The maximum Gasteiger partial charge on any atom is 0.186 e. The molecule has 2 heterocycles. The van der Waals surface area contributed by atoms with E-state index in [-0.39, 0.29) is 0 Å². The molecule has 0 amide bonds. The Morgan fingerprint density at radius 2 is 2.36 bits per heavy atom. The Balaban J connectivity index is 2.06. The minimum atomic E-state index is 0.809. The molecule has 0 aromatic carbocycles. The molecule has 0 saturated heterocycles. The highest BCUT2D eigenvalue weighted by Crippen LogP contribution is 2.23. The first-order valence-electron chi connectivity index (χ1n) is 3.95. The van der Waals surface area contributed by atoms with Crippen molar-refractivity contribution in [1.82, 2.24) is 9.97 Å². The maximum absolute atomic E-state index is 4.33. The molecule has 0 N–H and O–H groups in total. The van der Waals surface area contributed by atoms with Gasteiger partial charge in [0.1, 0.15) is 4.60 Å². The third-order valence-corrected chi connectivity index (χ3v) is 3.97. The van der Waals surface area contributed by atoms with Crippen molar-refractivity contribution in [3.05, 3.63) is 26.6 Å². The van der Waals surface area contributed by atoms with Gasteiger partial charge in [-0.15, -0.1) is 22.7 Å². The molecule has 2 rings (SSSR count). The summed E-state index contributed by atoms with van der Waals surface area (Å²) in [6, 6.07) is 0. The van der Waals surface area contributed by atoms with Gasteiger partial charge in [0, 0.05) is 17.8 Å². The van der Waals surface area contributed by atoms with Crippen LogP contribution in [-0.2, 0) is 6.54 Å². The lowest BCUT2D eigenvalue weighted by molar-refractivity contribution is 0.887. The number of aromatic nitrogens is 2. The number of hydrogen-bond acceptors (Lipinski definition) is 5. The van der Waals surface area contributed by atoms with Crippen LogP contribution >= 0.6 is 38.6 Å². The van der Waals surface area contributed by atoms with E-state index in [1.807, 2.05) is 17.9 Å². The zero-order valence-corrected chi connectivity index (χ0v) is 10.7. The first kappa shape index (κ1) is 10.1. The van der Waals surface area contributed by atoms with Crippen LogP contribution in [0.1, 0.15) is 5.69 Å². The largest absolute Gasteiger partial charge is 0.345 e. The van der Waals surface area contributed by atoms with Crippen LogP contribution in [0, 0.1) is 0 Å². The van der Waals surface area contributed by atoms with Crippen molar-refractivity contribution in [3.63, 3.8) is 0 Å². The predicted molar refractivity (Wildman–Crippen MR) is 64.0 cm³/mol. The van der Waals surface area contributed by atoms with Crippen LogP contribution in [0.2, 0.25) is 0 Å². The van der Waals surface area contributed by atoms with Gasteiger partial charge < -0.3 is 4.90 Å². The van der Waals surface area contributed by atoms with E-state index >= 15 is 0 Å². The van der Waals surface area contributed by atoms with Crippen molar-refractivity contribution in [3.8, 4) is 0 Å². The Morgan fingerprint density at radius 1 is 1.50 bits per heavy atom. The minimum Gasteiger partial charge on any atom is -0.345 e. The Bertz CT molecular complexity index is 398. The Labute approximate surface area is 98.6 Å². The normalized spacial score (nSPS) is 10.4. The van der Waals surface area contributed by atoms with Gasteiger partial charge in [-0.25, -0.2) is 9.97 Å². The number of rotatable bonds is 3. The molecule has 14 heavy (non-hydrogen) atoms. The molecule has 0 atom stereocenters. The van der Waals surface area contributed by atoms with Gasteiger partial charge >= 0.3 is 0 Å². The quantitative estimate of drug-likeness (QED) is 0.870. The van der Waals surface area contributed by atoms with Crippen molar-refractivity contribution in [2.45, 2.75) is 6.54 Å². The van der Waals surface area contributed by atoms with E-state index in [0.717, 1.165) is 22.0 Å². The Kier molecular flexibility index (Phi) is 3.15. The third kappa shape index (κ3) is 2.31. The molecular formula is C8H8BrN3S2. The van der Waals surface area contributed by atoms with E-state index in [4.69, 9.17) is 0 Å². The summed E-state index contributed by atoms with van der Waals surface area (Å²) in [6.45, 7) is 0.809. The van der Waals surface area contributed by atoms with Gasteiger partial charge in [0.15, 0.2) is 5.13 Å². The highest BCUT2D eigenvalue weighted by molar-refractivity contribution is 9.10. The number of hydrogen-bond donors (Lipinski definition) is 0. The zero-order chi connectivity index (χ0) is 9.97. The fourth-order valence-electron chi connectivity index (χ4n) is 1.05. The van der Waals surface area contributed by atoms with Crippen molar-refractivity contribution in [1.29, 1.82) is 0 Å². The van der Waals surface area contributed by atoms with Crippen molar-refractivity contribution >= 4 is 43.7 Å². The summed E-state index contributed by atoms with van der Waals surface area (Å²) in [4.78, 5) is 10.6. The smallest absolute Gasteiger partial charge is 0.186 e. The van der Waals surface area contributed by atoms with Crippen LogP contribution in [0.25, 0.3) is 0 Å². The fraction of sp³-hybridized carbons (Fsp3) is 0.250. The van der Waals surface area contributed by atoms with E-state index in [2.05, 4.69) is 36.2 Å². The Morgan fingerprint density at radius 3 is 2.93 bits per heavy atom. The predicted octanol–water partition coefficient (Wildman–Crippen LogP) is 3.00. The van der Waals surface area contributed by atoms with Gasteiger partial charge in [-0.2, -0.15) is 0 Å². The summed E-state index contributed by atoms with van der Waals surface area (Å²) in [5.41, 5.74) is 2.94. The molecule has 0 aliphatic heterocycles. The van der Waals surface area contributed by atoms with E-state index in [0.29, 0.717) is 0 Å². The average Bonchev–Trinajstić information content (AvgIpc) is 2.75. The number of halogens is 1. The average molecular weight is 290 g/mol. The second-order valence-corrected chi connectivity index (χ2v) is 5.16. The second-order valence-electron chi connectivity index (χ2n) is 2.79. The van der Waals surface area contributed by atoms with Gasteiger partial charge in [-0.05, 0) is 15.9 Å². The van der Waals surface area contributed by atoms with Crippen molar-refractivity contribution in [2.75, 3.05) is 11.9 Å². The first-order chi connectivity index (χ1) is 6.75. The number of thiazole rings is 2. The molecule has 0 aliphatic rings. The second kappa shape index (κ2) is 4.37. The van der Waals surface area contributed by atoms with Gasteiger partial charge in [0.25, 0.3) is 0 Å². The monoisotopic (exact) mass is 289 g/mol. The van der Waals surface area contributed by atoms with Gasteiger partial charge in [0.2, 0.25) is 0 Å². The van der Waals surface area contributed by atoms with Crippen molar-refractivity contribution < 1.29 is 0 Å². The van der Waals surface area contributed by atoms with Crippen molar-refractivity contribution in [2.24, 2.45) is 0 Å². The highest BCUT2D eigenvalue weighted by atomic mass is 79.9. The van der Waals surface area contributed by atoms with Crippen LogP contribution in [0.4, 0.5) is 5.13 Å². The van der Waals surface area contributed by atoms with Crippen LogP contribution < -0.4 is 4.90 Å². The zero-order valence-electron chi connectivity index (χ0n) is 7.48. The molecule has 0 saturated carbocycles. The Hall–Kier alpha value is -0.460. The van der Waals surface area contributed by atoms with Crippen LogP contribution in [-0.4, -0.2) is 17.0 Å². The maximum atomic E-state index is 4.33. The summed E-state index contributed by atoms with van der Waals surface area (Å²) < 4.78 is 0.891. The third-order valence-electron chi connectivity index (χ3n) is 1.67. The molecule has 0 bridgehead atoms. The summed E-state index contributed by atoms with van der Waals surface area (Å²) in [5.74, 6) is 0. The van der Waals surface area contributed by atoms with E-state index in [9.17, 15) is 0 Å². The number of anilines is 1. The fourth-order valence-corrected chi connectivity index (χ4v) is 2.81. The van der Waals surface area contributed by atoms with Gasteiger partial charge in [0.05, 0.1) is 17.7 Å². The topological polar surface area (TPSA) is 29.0 Å². The molecule has 0 aliphatic carbocycles. The summed E-state index contributed by atoms with van der Waals surface area (Å²) in [6.07, 6.45) is 0. The molecule has 74 valence electrons. The lowest BCUT2D eigenvalue weighted by atomic mass is 10.5. The standard InChI is InChI=1S/C8H8BrN3S2/c1-12(2-6-3-13-5-10-6)8-11-7(9)4-14-8/h3-5H,2H2,1H3. The molecule has 3 nitrogen and oxygen atoms in total. The molecule has 0 unspecified atom stereocenters. The minimum absolute atomic E-state index is 0.809. The number of nitrogens with zero attached hydrogens (tertiary/aromatic N) is 3. The van der Waals surface area contributed by atoms with Crippen LogP contribution in [0.15, 0.2) is 20.9 Å². The molecule has 0 fully saturated rings. The first-order valence-corrected chi connectivity index (χ1v) is 6.56. The van der Waals surface area contributed by atoms with Gasteiger partial charge in [-0.3, -0.25) is 0 Å². The van der Waals surface area contributed by atoms with Crippen LogP contribution in [0.3, 0.4) is 0 Å². The van der Waals surface area contributed by atoms with Crippen LogP contribution in [0.5, 0.6) is 0 Å².